The van der Waals surface area contributed by atoms with E-state index in [-0.39, 0.29) is 11.3 Å². The zero-order valence-electron chi connectivity index (χ0n) is 14.8. The summed E-state index contributed by atoms with van der Waals surface area (Å²) >= 11 is 0. The van der Waals surface area contributed by atoms with Crippen LogP contribution in [0.4, 0.5) is 5.69 Å². The summed E-state index contributed by atoms with van der Waals surface area (Å²) in [6, 6.07) is 12.3. The van der Waals surface area contributed by atoms with Crippen molar-refractivity contribution in [1.82, 2.24) is 14.9 Å². The summed E-state index contributed by atoms with van der Waals surface area (Å²) in [6.07, 6.45) is 3.41. The van der Waals surface area contributed by atoms with E-state index in [1.165, 1.54) is 24.3 Å². The number of rotatable bonds is 6. The molecule has 0 aliphatic carbocycles. The van der Waals surface area contributed by atoms with Crippen molar-refractivity contribution in [3.05, 3.63) is 88.0 Å². The predicted molar refractivity (Wildman–Crippen MR) is 98.6 cm³/mol. The molecule has 8 nitrogen and oxygen atoms in total. The van der Waals surface area contributed by atoms with Gasteiger partial charge < -0.3 is 14.6 Å². The summed E-state index contributed by atoms with van der Waals surface area (Å²) in [5.74, 6) is 0.765. The Morgan fingerprint density at radius 2 is 2.04 bits per heavy atom. The highest BCUT2D eigenvalue weighted by molar-refractivity contribution is 5.95. The van der Waals surface area contributed by atoms with Crippen molar-refractivity contribution in [2.75, 3.05) is 7.11 Å². The van der Waals surface area contributed by atoms with Crippen LogP contribution in [0.2, 0.25) is 0 Å². The van der Waals surface area contributed by atoms with E-state index >= 15 is 0 Å². The van der Waals surface area contributed by atoms with Crippen LogP contribution in [0.1, 0.15) is 27.8 Å². The van der Waals surface area contributed by atoms with Crippen LogP contribution in [0.25, 0.3) is 0 Å². The van der Waals surface area contributed by atoms with Gasteiger partial charge in [0.1, 0.15) is 17.6 Å². The van der Waals surface area contributed by atoms with Gasteiger partial charge in [-0.15, -0.1) is 0 Å². The van der Waals surface area contributed by atoms with Crippen molar-refractivity contribution < 1.29 is 14.5 Å². The first-order chi connectivity index (χ1) is 13.0. The molecule has 0 saturated heterocycles. The molecule has 0 unspecified atom stereocenters. The highest BCUT2D eigenvalue weighted by Gasteiger charge is 2.24. The third-order valence-electron chi connectivity index (χ3n) is 4.16. The first-order valence-electron chi connectivity index (χ1n) is 8.16. The number of amides is 1. The maximum atomic E-state index is 12.8. The number of non-ortho nitro benzene ring substituents is 1. The van der Waals surface area contributed by atoms with E-state index in [9.17, 15) is 14.9 Å². The van der Waals surface area contributed by atoms with Gasteiger partial charge in [-0.2, -0.15) is 0 Å². The van der Waals surface area contributed by atoms with Gasteiger partial charge in [-0.05, 0) is 12.1 Å². The number of nitro groups is 1. The van der Waals surface area contributed by atoms with E-state index in [4.69, 9.17) is 4.74 Å². The molecule has 0 radical (unpaired) electrons. The van der Waals surface area contributed by atoms with Gasteiger partial charge in [0.25, 0.3) is 11.6 Å². The summed E-state index contributed by atoms with van der Waals surface area (Å²) in [5.41, 5.74) is 0.778. The summed E-state index contributed by atoms with van der Waals surface area (Å²) < 4.78 is 7.22. The second kappa shape index (κ2) is 7.69. The molecule has 0 aliphatic rings. The predicted octanol–water partition coefficient (Wildman–Crippen LogP) is 2.86. The van der Waals surface area contributed by atoms with Crippen LogP contribution >= 0.6 is 0 Å². The molecule has 3 aromatic rings. The Morgan fingerprint density at radius 3 is 2.70 bits per heavy atom. The minimum absolute atomic E-state index is 0.145. The zero-order valence-corrected chi connectivity index (χ0v) is 14.8. The average Bonchev–Trinajstić information content (AvgIpc) is 3.11. The number of methoxy groups -OCH3 is 1. The zero-order chi connectivity index (χ0) is 19.4. The van der Waals surface area contributed by atoms with Gasteiger partial charge >= 0.3 is 0 Å². The molecular formula is C19H18N4O4. The fourth-order valence-electron chi connectivity index (χ4n) is 2.82. The third-order valence-corrected chi connectivity index (χ3v) is 4.16. The number of nitrogens with zero attached hydrogens (tertiary/aromatic N) is 3. The topological polar surface area (TPSA) is 99.3 Å². The number of nitrogens with one attached hydrogen (secondary N) is 1. The highest BCUT2D eigenvalue weighted by Crippen LogP contribution is 2.29. The van der Waals surface area contributed by atoms with E-state index in [0.29, 0.717) is 11.6 Å². The number of benzene rings is 2. The van der Waals surface area contributed by atoms with Crippen molar-refractivity contribution in [2.24, 2.45) is 7.05 Å². The fourth-order valence-corrected chi connectivity index (χ4v) is 2.82. The quantitative estimate of drug-likeness (QED) is 0.534. The van der Waals surface area contributed by atoms with Crippen molar-refractivity contribution in [3.8, 4) is 5.75 Å². The number of nitro benzene ring substituents is 1. The standard InChI is InChI=1S/C19H18N4O4/c1-22-11-10-20-18(22)17(15-8-3-4-9-16(15)27-2)21-19(24)13-6-5-7-14(12-13)23(25)26/h3-12,17H,1-2H3,(H,21,24)/t17-/m1/s1. The first kappa shape index (κ1) is 18.1. The molecular weight excluding hydrogens is 348 g/mol. The Morgan fingerprint density at radius 1 is 1.26 bits per heavy atom. The lowest BCUT2D eigenvalue weighted by atomic mass is 10.0. The molecule has 1 amide bonds. The monoisotopic (exact) mass is 366 g/mol. The average molecular weight is 366 g/mol. The Labute approximate surface area is 155 Å². The van der Waals surface area contributed by atoms with Gasteiger partial charge in [0.15, 0.2) is 0 Å². The smallest absolute Gasteiger partial charge is 0.270 e. The van der Waals surface area contributed by atoms with E-state index < -0.39 is 16.9 Å². The maximum absolute atomic E-state index is 12.8. The molecule has 1 aromatic heterocycles. The summed E-state index contributed by atoms with van der Waals surface area (Å²) in [6.45, 7) is 0. The second-order valence-electron chi connectivity index (χ2n) is 5.85. The van der Waals surface area contributed by atoms with E-state index in [0.717, 1.165) is 5.56 Å². The molecule has 2 aromatic carbocycles. The molecule has 27 heavy (non-hydrogen) atoms. The van der Waals surface area contributed by atoms with Crippen LogP contribution in [-0.2, 0) is 7.05 Å². The highest BCUT2D eigenvalue weighted by atomic mass is 16.6. The molecule has 0 fully saturated rings. The van der Waals surface area contributed by atoms with Crippen molar-refractivity contribution in [3.63, 3.8) is 0 Å². The molecule has 138 valence electrons. The third kappa shape index (κ3) is 3.79. The van der Waals surface area contributed by atoms with Crippen LogP contribution in [0.5, 0.6) is 5.75 Å². The number of carbonyl (C=O) groups is 1. The minimum atomic E-state index is -0.590. The molecule has 0 aliphatic heterocycles. The van der Waals surface area contributed by atoms with Crippen LogP contribution in [0.15, 0.2) is 60.9 Å². The lowest BCUT2D eigenvalue weighted by molar-refractivity contribution is -0.384. The molecule has 0 spiro atoms. The Bertz CT molecular complexity index is 983. The van der Waals surface area contributed by atoms with Gasteiger partial charge in [-0.3, -0.25) is 14.9 Å². The van der Waals surface area contributed by atoms with Gasteiger partial charge in [0.2, 0.25) is 0 Å². The van der Waals surface area contributed by atoms with Crippen LogP contribution < -0.4 is 10.1 Å². The molecule has 3 rings (SSSR count). The number of imidazole rings is 1. The number of aryl methyl sites for hydroxylation is 1. The van der Waals surface area contributed by atoms with Crippen LogP contribution in [0, 0.1) is 10.1 Å². The molecule has 1 heterocycles. The van der Waals surface area contributed by atoms with Crippen LogP contribution in [-0.4, -0.2) is 27.5 Å². The number of carbonyl (C=O) groups excluding carboxylic acids is 1. The van der Waals surface area contributed by atoms with Gasteiger partial charge in [0.05, 0.1) is 12.0 Å². The first-order valence-corrected chi connectivity index (χ1v) is 8.16. The van der Waals surface area contributed by atoms with Gasteiger partial charge in [-0.25, -0.2) is 4.98 Å². The summed E-state index contributed by atoms with van der Waals surface area (Å²) in [7, 11) is 3.38. The largest absolute Gasteiger partial charge is 0.496 e. The maximum Gasteiger partial charge on any atom is 0.270 e. The number of aromatic nitrogens is 2. The van der Waals surface area contributed by atoms with E-state index in [1.54, 1.807) is 30.1 Å². The summed E-state index contributed by atoms with van der Waals surface area (Å²) in [5, 5.41) is 13.9. The fraction of sp³-hybridized carbons (Fsp3) is 0.158. The second-order valence-corrected chi connectivity index (χ2v) is 5.85. The molecule has 0 saturated carbocycles. The Kier molecular flexibility index (Phi) is 5.16. The molecule has 0 bridgehead atoms. The van der Waals surface area contributed by atoms with Crippen molar-refractivity contribution >= 4 is 11.6 Å². The van der Waals surface area contributed by atoms with Crippen LogP contribution in [0.3, 0.4) is 0 Å². The van der Waals surface area contributed by atoms with Gasteiger partial charge in [0, 0.05) is 42.7 Å². The Hall–Kier alpha value is -3.68. The number of ether oxygens (including phenoxy) is 1. The van der Waals surface area contributed by atoms with Gasteiger partial charge in [-0.1, -0.05) is 24.3 Å². The lowest BCUT2D eigenvalue weighted by Crippen LogP contribution is -2.31. The molecule has 1 atom stereocenters. The summed E-state index contributed by atoms with van der Waals surface area (Å²) in [4.78, 5) is 27.6. The van der Waals surface area contributed by atoms with Crippen molar-refractivity contribution in [2.45, 2.75) is 6.04 Å². The Balaban J connectivity index is 2.00. The minimum Gasteiger partial charge on any atom is -0.496 e. The SMILES string of the molecule is COc1ccccc1[C@@H](NC(=O)c1cccc([N+](=O)[O-])c1)c1nccn1C. The van der Waals surface area contributed by atoms with E-state index in [1.807, 2.05) is 25.2 Å². The number of hydrogen-bond acceptors (Lipinski definition) is 5. The normalized spacial score (nSPS) is 11.6. The van der Waals surface area contributed by atoms with E-state index in [2.05, 4.69) is 10.3 Å². The number of para-hydroxylation sites is 1. The van der Waals surface area contributed by atoms with Crippen molar-refractivity contribution in [1.29, 1.82) is 0 Å². The molecule has 1 N–H and O–H groups in total. The lowest BCUT2D eigenvalue weighted by Gasteiger charge is -2.21. The molecule has 8 heteroatoms. The number of hydrogen-bond donors (Lipinski definition) is 1.